The van der Waals surface area contributed by atoms with Crippen molar-refractivity contribution in [1.29, 1.82) is 0 Å². The van der Waals surface area contributed by atoms with E-state index in [1.54, 1.807) is 11.8 Å². The van der Waals surface area contributed by atoms with Gasteiger partial charge in [-0.25, -0.2) is 4.98 Å². The van der Waals surface area contributed by atoms with Crippen LogP contribution in [0.4, 0.5) is 5.82 Å². The Bertz CT molecular complexity index is 1480. The summed E-state index contributed by atoms with van der Waals surface area (Å²) in [6, 6.07) is 20.3. The Hall–Kier alpha value is -3.42. The largest absolute Gasteiger partial charge is 0.386 e. The molecule has 1 amide bonds. The highest BCUT2D eigenvalue weighted by Crippen LogP contribution is 2.31. The van der Waals surface area contributed by atoms with Gasteiger partial charge >= 0.3 is 0 Å². The molecule has 0 spiro atoms. The molecule has 0 radical (unpaired) electrons. The first-order valence-electron chi connectivity index (χ1n) is 13.5. The number of thioether (sulfide) groups is 1. The summed E-state index contributed by atoms with van der Waals surface area (Å²) in [5.41, 5.74) is 4.88. The number of aryl methyl sites for hydroxylation is 1. The molecule has 0 saturated carbocycles. The normalized spacial score (nSPS) is 15.9. The number of benzene rings is 2. The summed E-state index contributed by atoms with van der Waals surface area (Å²) in [6.45, 7) is 7.90. The van der Waals surface area contributed by atoms with Crippen LogP contribution >= 0.6 is 11.8 Å². The number of hydrogen-bond donors (Lipinski definition) is 2. The maximum absolute atomic E-state index is 12.8. The van der Waals surface area contributed by atoms with E-state index in [4.69, 9.17) is 4.98 Å². The Kier molecular flexibility index (Phi) is 7.91. The Morgan fingerprint density at radius 3 is 2.67 bits per heavy atom. The number of aliphatic hydroxyl groups is 1. The smallest absolute Gasteiger partial charge is 0.251 e. The van der Waals surface area contributed by atoms with E-state index in [0.717, 1.165) is 58.8 Å². The van der Waals surface area contributed by atoms with Crippen LogP contribution in [0.15, 0.2) is 71.8 Å². The number of piperidine rings is 1. The van der Waals surface area contributed by atoms with Gasteiger partial charge in [0.05, 0.1) is 23.4 Å². The lowest BCUT2D eigenvalue weighted by molar-refractivity contribution is 0.0785. The molecule has 1 saturated heterocycles. The molecule has 39 heavy (non-hydrogen) atoms. The summed E-state index contributed by atoms with van der Waals surface area (Å²) >= 11 is 1.64. The quantitative estimate of drug-likeness (QED) is 0.272. The van der Waals surface area contributed by atoms with Crippen LogP contribution in [0.3, 0.4) is 0 Å². The summed E-state index contributed by atoms with van der Waals surface area (Å²) in [5, 5.41) is 14.3. The van der Waals surface area contributed by atoms with Gasteiger partial charge in [-0.05, 0) is 86.9 Å². The Labute approximate surface area is 234 Å². The fourth-order valence-electron chi connectivity index (χ4n) is 5.17. The molecule has 1 atom stereocenters. The van der Waals surface area contributed by atoms with Gasteiger partial charge in [-0.15, -0.1) is 11.8 Å². The fraction of sp³-hybridized carbons (Fsp3) is 0.344. The van der Waals surface area contributed by atoms with Gasteiger partial charge in [-0.2, -0.15) is 0 Å². The Balaban J connectivity index is 1.28. The van der Waals surface area contributed by atoms with Crippen molar-refractivity contribution in [3.63, 3.8) is 0 Å². The van der Waals surface area contributed by atoms with Crippen molar-refractivity contribution in [2.45, 2.75) is 56.6 Å². The Morgan fingerprint density at radius 2 is 1.92 bits per heavy atom. The molecule has 1 fully saturated rings. The number of nitrogens with one attached hydrogen (secondary N) is 1. The van der Waals surface area contributed by atoms with Crippen molar-refractivity contribution in [1.82, 2.24) is 15.3 Å². The molecule has 4 aromatic rings. The van der Waals surface area contributed by atoms with Crippen LogP contribution < -0.4 is 10.2 Å². The fourth-order valence-corrected chi connectivity index (χ4v) is 5.81. The number of carbonyl (C=O) groups excluding carboxylic acids is 1. The van der Waals surface area contributed by atoms with Crippen molar-refractivity contribution in [3.8, 4) is 0 Å². The lowest BCUT2D eigenvalue weighted by Gasteiger charge is -2.34. The highest BCUT2D eigenvalue weighted by atomic mass is 32.2. The SMILES string of the molecule is CSc1cc(C(=O)NCc2cc3nc(N4CCCC(c5ccc(C(C)(C)O)cc5)C4)ccc3cn2)ccc1C. The van der Waals surface area contributed by atoms with Crippen molar-refractivity contribution in [2.24, 2.45) is 0 Å². The molecule has 0 aliphatic carbocycles. The molecular weight excluding hydrogens is 504 g/mol. The van der Waals surface area contributed by atoms with Gasteiger partial charge in [0.15, 0.2) is 0 Å². The van der Waals surface area contributed by atoms with Gasteiger partial charge in [0.1, 0.15) is 5.82 Å². The van der Waals surface area contributed by atoms with Crippen LogP contribution in [0, 0.1) is 6.92 Å². The van der Waals surface area contributed by atoms with Gasteiger partial charge in [0.25, 0.3) is 5.91 Å². The molecule has 5 rings (SSSR count). The zero-order valence-electron chi connectivity index (χ0n) is 23.1. The van der Waals surface area contributed by atoms with Crippen LogP contribution in [-0.4, -0.2) is 40.3 Å². The molecule has 2 N–H and O–H groups in total. The third-order valence-corrected chi connectivity index (χ3v) is 8.43. The molecule has 0 bridgehead atoms. The zero-order chi connectivity index (χ0) is 27.6. The molecule has 202 valence electrons. The zero-order valence-corrected chi connectivity index (χ0v) is 23.9. The summed E-state index contributed by atoms with van der Waals surface area (Å²) in [6.07, 6.45) is 6.08. The van der Waals surface area contributed by atoms with Crippen molar-refractivity contribution < 1.29 is 9.90 Å². The first-order chi connectivity index (χ1) is 18.7. The van der Waals surface area contributed by atoms with E-state index in [0.29, 0.717) is 18.0 Å². The molecule has 1 unspecified atom stereocenters. The standard InChI is InChI=1S/C32H36N4O2S/c1-21-7-8-23(16-29(21)39-4)31(37)34-19-27-17-28-24(18-33-27)11-14-30(35-28)36-15-5-6-25(20-36)22-9-12-26(13-10-22)32(2,3)38/h7-14,16-18,25,38H,5-6,15,19-20H2,1-4H3,(H,34,37). The minimum Gasteiger partial charge on any atom is -0.386 e. The van der Waals surface area contributed by atoms with Crippen LogP contribution in [0.5, 0.6) is 0 Å². The number of aromatic nitrogens is 2. The third-order valence-electron chi connectivity index (χ3n) is 7.55. The van der Waals surface area contributed by atoms with E-state index in [-0.39, 0.29) is 5.91 Å². The summed E-state index contributed by atoms with van der Waals surface area (Å²) in [7, 11) is 0. The molecule has 2 aromatic carbocycles. The summed E-state index contributed by atoms with van der Waals surface area (Å²) in [4.78, 5) is 25.8. The number of pyridine rings is 2. The second-order valence-electron chi connectivity index (χ2n) is 10.9. The van der Waals surface area contributed by atoms with E-state index >= 15 is 0 Å². The number of fused-ring (bicyclic) bond motifs is 1. The highest BCUT2D eigenvalue weighted by Gasteiger charge is 2.23. The van der Waals surface area contributed by atoms with E-state index in [1.807, 2.05) is 69.6 Å². The topological polar surface area (TPSA) is 78.4 Å². The van der Waals surface area contributed by atoms with Crippen LogP contribution in [0.25, 0.3) is 10.9 Å². The number of hydrogen-bond acceptors (Lipinski definition) is 6. The van der Waals surface area contributed by atoms with Gasteiger partial charge in [0.2, 0.25) is 0 Å². The molecule has 1 aliphatic heterocycles. The number of amides is 1. The average molecular weight is 541 g/mol. The van der Waals surface area contributed by atoms with E-state index < -0.39 is 5.60 Å². The first kappa shape index (κ1) is 27.2. The number of anilines is 1. The second kappa shape index (κ2) is 11.4. The molecule has 3 heterocycles. The van der Waals surface area contributed by atoms with E-state index in [9.17, 15) is 9.90 Å². The molecule has 2 aromatic heterocycles. The number of nitrogens with zero attached hydrogens (tertiary/aromatic N) is 3. The van der Waals surface area contributed by atoms with Gasteiger partial charge in [-0.3, -0.25) is 9.78 Å². The lowest BCUT2D eigenvalue weighted by atomic mass is 9.88. The molecule has 7 heteroatoms. The molecule has 1 aliphatic rings. The van der Waals surface area contributed by atoms with Crippen molar-refractivity contribution >= 4 is 34.4 Å². The van der Waals surface area contributed by atoms with Crippen molar-refractivity contribution in [3.05, 3.63) is 94.8 Å². The molecular formula is C32H36N4O2S. The highest BCUT2D eigenvalue weighted by molar-refractivity contribution is 7.98. The minimum atomic E-state index is -0.832. The van der Waals surface area contributed by atoms with Gasteiger partial charge in [0, 0.05) is 41.0 Å². The van der Waals surface area contributed by atoms with Crippen LogP contribution in [0.1, 0.15) is 65.3 Å². The predicted molar refractivity (Wildman–Crippen MR) is 160 cm³/mol. The van der Waals surface area contributed by atoms with Gasteiger partial charge in [-0.1, -0.05) is 30.3 Å². The number of carbonyl (C=O) groups is 1. The van der Waals surface area contributed by atoms with E-state index in [2.05, 4.69) is 39.5 Å². The average Bonchev–Trinajstić information content (AvgIpc) is 2.95. The van der Waals surface area contributed by atoms with Gasteiger partial charge < -0.3 is 15.3 Å². The minimum absolute atomic E-state index is 0.108. The monoisotopic (exact) mass is 540 g/mol. The maximum atomic E-state index is 12.8. The maximum Gasteiger partial charge on any atom is 0.251 e. The summed E-state index contributed by atoms with van der Waals surface area (Å²) in [5.74, 6) is 1.28. The van der Waals surface area contributed by atoms with Crippen LogP contribution in [0.2, 0.25) is 0 Å². The second-order valence-corrected chi connectivity index (χ2v) is 11.7. The molecule has 6 nitrogen and oxygen atoms in total. The van der Waals surface area contributed by atoms with E-state index in [1.165, 1.54) is 11.1 Å². The number of rotatable bonds is 7. The van der Waals surface area contributed by atoms with Crippen LogP contribution in [-0.2, 0) is 12.1 Å². The van der Waals surface area contributed by atoms with Crippen molar-refractivity contribution in [2.75, 3.05) is 24.2 Å². The lowest BCUT2D eigenvalue weighted by Crippen LogP contribution is -2.35. The Morgan fingerprint density at radius 1 is 1.13 bits per heavy atom. The predicted octanol–water partition coefficient (Wildman–Crippen LogP) is 6.20. The third kappa shape index (κ3) is 6.26. The summed E-state index contributed by atoms with van der Waals surface area (Å²) < 4.78 is 0. The first-order valence-corrected chi connectivity index (χ1v) is 14.7.